The van der Waals surface area contributed by atoms with Crippen molar-refractivity contribution in [1.29, 1.82) is 0 Å². The Morgan fingerprint density at radius 2 is 1.93 bits per heavy atom. The van der Waals surface area contributed by atoms with Crippen molar-refractivity contribution in [3.05, 3.63) is 0 Å². The van der Waals surface area contributed by atoms with Crippen LogP contribution in [0.1, 0.15) is 38.5 Å². The van der Waals surface area contributed by atoms with E-state index in [0.29, 0.717) is 17.6 Å². The van der Waals surface area contributed by atoms with E-state index in [1.54, 1.807) is 0 Å². The van der Waals surface area contributed by atoms with Gasteiger partial charge in [0.2, 0.25) is 0 Å². The molecule has 3 aliphatic rings. The molecular formula is C13H21NO. The van der Waals surface area contributed by atoms with E-state index < -0.39 is 0 Å². The second kappa shape index (κ2) is 3.89. The molecule has 0 N–H and O–H groups in total. The molecule has 3 rings (SSSR count). The van der Waals surface area contributed by atoms with Gasteiger partial charge in [-0.05, 0) is 51.1 Å². The number of rotatable bonds is 2. The summed E-state index contributed by atoms with van der Waals surface area (Å²) >= 11 is 0. The van der Waals surface area contributed by atoms with E-state index in [4.69, 9.17) is 0 Å². The van der Waals surface area contributed by atoms with Crippen LogP contribution in [-0.2, 0) is 4.79 Å². The number of hydrogen-bond acceptors (Lipinski definition) is 2. The highest BCUT2D eigenvalue weighted by atomic mass is 16.1. The first-order chi connectivity index (χ1) is 7.34. The molecule has 1 heterocycles. The van der Waals surface area contributed by atoms with Crippen LogP contribution in [0.3, 0.4) is 0 Å². The molecular weight excluding hydrogens is 186 g/mol. The molecule has 2 heteroatoms. The lowest BCUT2D eigenvalue weighted by atomic mass is 9.87. The van der Waals surface area contributed by atoms with Gasteiger partial charge in [0.05, 0.1) is 0 Å². The lowest BCUT2D eigenvalue weighted by Gasteiger charge is -2.31. The molecule has 2 saturated carbocycles. The fraction of sp³-hybridized carbons (Fsp3) is 0.923. The van der Waals surface area contributed by atoms with Crippen LogP contribution in [0.2, 0.25) is 0 Å². The number of carbonyl (C=O) groups excluding carboxylic acids is 1. The van der Waals surface area contributed by atoms with Crippen molar-refractivity contribution in [3.63, 3.8) is 0 Å². The van der Waals surface area contributed by atoms with Gasteiger partial charge in [0.15, 0.2) is 0 Å². The normalized spacial score (nSPS) is 41.3. The zero-order valence-electron chi connectivity index (χ0n) is 9.45. The molecule has 3 atom stereocenters. The van der Waals surface area contributed by atoms with E-state index in [0.717, 1.165) is 12.5 Å². The largest absolute Gasteiger partial charge is 0.303 e. The average molecular weight is 207 g/mol. The SMILES string of the molecule is O=C1C2CCC(C2)C1CN1CCCCC1. The molecule has 0 spiro atoms. The van der Waals surface area contributed by atoms with Crippen LogP contribution >= 0.6 is 0 Å². The molecule has 2 nitrogen and oxygen atoms in total. The van der Waals surface area contributed by atoms with Gasteiger partial charge in [-0.1, -0.05) is 6.42 Å². The summed E-state index contributed by atoms with van der Waals surface area (Å²) in [7, 11) is 0. The van der Waals surface area contributed by atoms with E-state index >= 15 is 0 Å². The number of likely N-dealkylation sites (tertiary alicyclic amines) is 1. The number of fused-ring (bicyclic) bond motifs is 2. The molecule has 2 aliphatic carbocycles. The predicted octanol–water partition coefficient (Wildman–Crippen LogP) is 2.09. The lowest BCUT2D eigenvalue weighted by molar-refractivity contribution is -0.126. The Morgan fingerprint density at radius 3 is 2.60 bits per heavy atom. The van der Waals surface area contributed by atoms with Crippen molar-refractivity contribution in [3.8, 4) is 0 Å². The van der Waals surface area contributed by atoms with Crippen molar-refractivity contribution in [2.45, 2.75) is 38.5 Å². The number of nitrogens with zero attached hydrogens (tertiary/aromatic N) is 1. The molecule has 0 radical (unpaired) electrons. The van der Waals surface area contributed by atoms with Crippen LogP contribution in [0.5, 0.6) is 0 Å². The van der Waals surface area contributed by atoms with Crippen molar-refractivity contribution in [2.24, 2.45) is 17.8 Å². The number of carbonyl (C=O) groups is 1. The first kappa shape index (κ1) is 9.83. The molecule has 1 saturated heterocycles. The fourth-order valence-electron chi connectivity index (χ4n) is 3.83. The highest BCUT2D eigenvalue weighted by molar-refractivity contribution is 5.87. The van der Waals surface area contributed by atoms with Crippen molar-refractivity contribution in [2.75, 3.05) is 19.6 Å². The van der Waals surface area contributed by atoms with Crippen molar-refractivity contribution >= 4 is 5.78 Å². The first-order valence-electron chi connectivity index (χ1n) is 6.60. The standard InChI is InChI=1S/C13H21NO/c15-13-11-5-4-10(8-11)12(13)9-14-6-2-1-3-7-14/h10-12H,1-9H2. The molecule has 3 fully saturated rings. The Morgan fingerprint density at radius 1 is 1.13 bits per heavy atom. The van der Waals surface area contributed by atoms with Crippen LogP contribution in [0.25, 0.3) is 0 Å². The summed E-state index contributed by atoms with van der Waals surface area (Å²) in [5.41, 5.74) is 0. The summed E-state index contributed by atoms with van der Waals surface area (Å²) < 4.78 is 0. The van der Waals surface area contributed by atoms with E-state index in [2.05, 4.69) is 4.90 Å². The Hall–Kier alpha value is -0.370. The topological polar surface area (TPSA) is 20.3 Å². The second-order valence-electron chi connectivity index (χ2n) is 5.64. The van der Waals surface area contributed by atoms with Crippen molar-refractivity contribution < 1.29 is 4.79 Å². The zero-order valence-corrected chi connectivity index (χ0v) is 9.45. The van der Waals surface area contributed by atoms with E-state index in [1.807, 2.05) is 0 Å². The summed E-state index contributed by atoms with van der Waals surface area (Å²) in [5.74, 6) is 2.24. The van der Waals surface area contributed by atoms with Crippen LogP contribution in [0, 0.1) is 17.8 Å². The summed E-state index contributed by atoms with van der Waals surface area (Å²) in [5, 5.41) is 0. The Balaban J connectivity index is 1.60. The third-order valence-corrected chi connectivity index (χ3v) is 4.71. The molecule has 0 aromatic carbocycles. The maximum absolute atomic E-state index is 12.0. The van der Waals surface area contributed by atoms with Crippen molar-refractivity contribution in [1.82, 2.24) is 4.90 Å². The molecule has 2 bridgehead atoms. The van der Waals surface area contributed by atoms with Gasteiger partial charge in [-0.25, -0.2) is 0 Å². The van der Waals surface area contributed by atoms with Crippen LogP contribution in [0.15, 0.2) is 0 Å². The third kappa shape index (κ3) is 1.73. The third-order valence-electron chi connectivity index (χ3n) is 4.71. The maximum Gasteiger partial charge on any atom is 0.140 e. The van der Waals surface area contributed by atoms with Gasteiger partial charge in [0, 0.05) is 18.4 Å². The van der Waals surface area contributed by atoms with Crippen LogP contribution in [0.4, 0.5) is 0 Å². The first-order valence-corrected chi connectivity index (χ1v) is 6.60. The zero-order chi connectivity index (χ0) is 10.3. The molecule has 84 valence electrons. The number of Topliss-reactive ketones (excluding diaryl/α,β-unsaturated/α-hetero) is 1. The van der Waals surface area contributed by atoms with E-state index in [1.165, 1.54) is 51.6 Å². The van der Waals surface area contributed by atoms with E-state index in [9.17, 15) is 4.79 Å². The minimum absolute atomic E-state index is 0.418. The van der Waals surface area contributed by atoms with Gasteiger partial charge in [-0.15, -0.1) is 0 Å². The Kier molecular flexibility index (Phi) is 2.55. The smallest absolute Gasteiger partial charge is 0.140 e. The van der Waals surface area contributed by atoms with Gasteiger partial charge in [-0.2, -0.15) is 0 Å². The van der Waals surface area contributed by atoms with Gasteiger partial charge in [0.25, 0.3) is 0 Å². The quantitative estimate of drug-likeness (QED) is 0.691. The Bertz CT molecular complexity index is 257. The average Bonchev–Trinajstić information content (AvgIpc) is 2.84. The maximum atomic E-state index is 12.0. The number of hydrogen-bond donors (Lipinski definition) is 0. The number of piperidine rings is 1. The lowest BCUT2D eigenvalue weighted by Crippen LogP contribution is -2.38. The van der Waals surface area contributed by atoms with E-state index in [-0.39, 0.29) is 0 Å². The molecule has 0 amide bonds. The molecule has 0 aromatic rings. The van der Waals surface area contributed by atoms with Gasteiger partial charge in [-0.3, -0.25) is 4.79 Å². The summed E-state index contributed by atoms with van der Waals surface area (Å²) in [6.45, 7) is 3.56. The molecule has 0 aromatic heterocycles. The molecule has 3 unspecified atom stereocenters. The minimum Gasteiger partial charge on any atom is -0.303 e. The second-order valence-corrected chi connectivity index (χ2v) is 5.64. The fourth-order valence-corrected chi connectivity index (χ4v) is 3.83. The number of ketones is 1. The summed E-state index contributed by atoms with van der Waals surface area (Å²) in [6, 6.07) is 0. The molecule has 15 heavy (non-hydrogen) atoms. The Labute approximate surface area is 92.0 Å². The minimum atomic E-state index is 0.418. The summed E-state index contributed by atoms with van der Waals surface area (Å²) in [6.07, 6.45) is 7.82. The van der Waals surface area contributed by atoms with Crippen LogP contribution < -0.4 is 0 Å². The van der Waals surface area contributed by atoms with Gasteiger partial charge in [0.1, 0.15) is 5.78 Å². The monoisotopic (exact) mass is 207 g/mol. The summed E-state index contributed by atoms with van der Waals surface area (Å²) in [4.78, 5) is 14.5. The highest BCUT2D eigenvalue weighted by Gasteiger charge is 2.46. The van der Waals surface area contributed by atoms with Gasteiger partial charge >= 0.3 is 0 Å². The highest BCUT2D eigenvalue weighted by Crippen LogP contribution is 2.46. The molecule has 1 aliphatic heterocycles. The predicted molar refractivity (Wildman–Crippen MR) is 59.6 cm³/mol. The van der Waals surface area contributed by atoms with Crippen LogP contribution in [-0.4, -0.2) is 30.3 Å². The van der Waals surface area contributed by atoms with Gasteiger partial charge < -0.3 is 4.90 Å².